The van der Waals surface area contributed by atoms with E-state index in [1.54, 1.807) is 0 Å². The smallest absolute Gasteiger partial charge is 0.287 e. The molecule has 0 bridgehead atoms. The van der Waals surface area contributed by atoms with Gasteiger partial charge in [0.1, 0.15) is 17.8 Å². The number of aromatic nitrogens is 2. The molecule has 2 heterocycles. The molecule has 5 N–H and O–H groups in total. The number of hydrogen-bond acceptors (Lipinski definition) is 8. The van der Waals surface area contributed by atoms with E-state index in [1.807, 2.05) is 6.92 Å². The fourth-order valence-electron chi connectivity index (χ4n) is 5.33. The van der Waals surface area contributed by atoms with E-state index in [9.17, 15) is 28.8 Å². The molecule has 5 amide bonds. The first-order chi connectivity index (χ1) is 22.4. The van der Waals surface area contributed by atoms with Crippen LogP contribution >= 0.6 is 0 Å². The van der Waals surface area contributed by atoms with Gasteiger partial charge in [-0.1, -0.05) is 80.1 Å². The fraction of sp³-hybridized carbons (Fsp3) is 0.706. The van der Waals surface area contributed by atoms with Crippen LogP contribution in [0.15, 0.2) is 18.6 Å². The summed E-state index contributed by atoms with van der Waals surface area (Å²) in [5.74, 6) is -3.25. The predicted molar refractivity (Wildman–Crippen MR) is 180 cm³/mol. The predicted octanol–water partition coefficient (Wildman–Crippen LogP) is 3.07. The Morgan fingerprint density at radius 1 is 0.936 bits per heavy atom. The highest BCUT2D eigenvalue weighted by molar-refractivity contribution is 6.37. The van der Waals surface area contributed by atoms with E-state index in [4.69, 9.17) is 5.73 Å². The number of nitrogens with two attached hydrogens (primary N) is 1. The normalized spacial score (nSPS) is 17.2. The zero-order chi connectivity index (χ0) is 35.4. The molecule has 1 aromatic heterocycles. The van der Waals surface area contributed by atoms with Crippen LogP contribution < -0.4 is 21.7 Å². The summed E-state index contributed by atoms with van der Waals surface area (Å²) in [6.45, 7) is 12.6. The van der Waals surface area contributed by atoms with E-state index in [0.717, 1.165) is 44.4 Å². The maximum Gasteiger partial charge on any atom is 0.287 e. The van der Waals surface area contributed by atoms with Crippen molar-refractivity contribution in [2.45, 2.75) is 130 Å². The minimum absolute atomic E-state index is 0.0855. The van der Waals surface area contributed by atoms with Gasteiger partial charge < -0.3 is 26.6 Å². The van der Waals surface area contributed by atoms with Crippen LogP contribution in [-0.4, -0.2) is 81.4 Å². The van der Waals surface area contributed by atoms with Crippen molar-refractivity contribution in [3.8, 4) is 0 Å². The largest absolute Gasteiger partial charge is 0.363 e. The number of amides is 5. The Morgan fingerprint density at radius 2 is 1.57 bits per heavy atom. The number of primary amides is 1. The van der Waals surface area contributed by atoms with Gasteiger partial charge in [0.2, 0.25) is 23.5 Å². The Morgan fingerprint density at radius 3 is 2.13 bits per heavy atom. The number of nitrogens with one attached hydrogen (secondary N) is 3. The van der Waals surface area contributed by atoms with Crippen molar-refractivity contribution in [3.05, 3.63) is 24.3 Å². The second kappa shape index (κ2) is 22.6. The first-order valence-corrected chi connectivity index (χ1v) is 17.2. The Bertz CT molecular complexity index is 1140. The van der Waals surface area contributed by atoms with Crippen LogP contribution in [-0.2, 0) is 24.0 Å². The molecule has 3 unspecified atom stereocenters. The van der Waals surface area contributed by atoms with Crippen LogP contribution in [0.2, 0.25) is 0 Å². The lowest BCUT2D eigenvalue weighted by atomic mass is 9.83. The molecule has 264 valence electrons. The van der Waals surface area contributed by atoms with Gasteiger partial charge in [0, 0.05) is 18.9 Å². The van der Waals surface area contributed by atoms with E-state index >= 15 is 0 Å². The number of Topliss-reactive ketones (excluding diaryl/α,β-unsaturated/α-hetero) is 1. The second-order valence-corrected chi connectivity index (χ2v) is 12.8. The number of hydrogen-bond donors (Lipinski definition) is 4. The first-order valence-electron chi connectivity index (χ1n) is 17.2. The molecule has 1 saturated carbocycles. The lowest BCUT2D eigenvalue weighted by Gasteiger charge is -2.30. The van der Waals surface area contributed by atoms with Crippen molar-refractivity contribution >= 4 is 35.3 Å². The van der Waals surface area contributed by atoms with Gasteiger partial charge in [-0.25, -0.2) is 4.98 Å². The topological polar surface area (TPSA) is 194 Å². The minimum atomic E-state index is -1.12. The van der Waals surface area contributed by atoms with E-state index in [0.29, 0.717) is 25.8 Å². The zero-order valence-electron chi connectivity index (χ0n) is 29.2. The van der Waals surface area contributed by atoms with Crippen molar-refractivity contribution in [2.75, 3.05) is 13.1 Å². The summed E-state index contributed by atoms with van der Waals surface area (Å²) in [4.78, 5) is 85.0. The highest BCUT2D eigenvalue weighted by atomic mass is 16.2. The Balaban J connectivity index is 0.00000144. The second-order valence-electron chi connectivity index (χ2n) is 12.8. The first kappa shape index (κ1) is 41.1. The van der Waals surface area contributed by atoms with Gasteiger partial charge in [-0.05, 0) is 43.9 Å². The third-order valence-electron chi connectivity index (χ3n) is 7.50. The monoisotopic (exact) mass is 659 g/mol. The Kier molecular flexibility index (Phi) is 19.8. The summed E-state index contributed by atoms with van der Waals surface area (Å²) in [7, 11) is 0. The summed E-state index contributed by atoms with van der Waals surface area (Å²) < 4.78 is 0. The molecule has 2 aliphatic rings. The molecule has 47 heavy (non-hydrogen) atoms. The summed E-state index contributed by atoms with van der Waals surface area (Å²) in [5, 5.41) is 8.01. The van der Waals surface area contributed by atoms with Crippen molar-refractivity contribution in [2.24, 2.45) is 17.6 Å². The molecule has 1 aromatic rings. The van der Waals surface area contributed by atoms with Gasteiger partial charge >= 0.3 is 0 Å². The molecule has 0 spiro atoms. The third-order valence-corrected chi connectivity index (χ3v) is 7.50. The summed E-state index contributed by atoms with van der Waals surface area (Å²) >= 11 is 0. The molecular weight excluding hydrogens is 602 g/mol. The Hall–Kier alpha value is -3.90. The molecule has 1 aliphatic heterocycles. The minimum Gasteiger partial charge on any atom is -0.363 e. The molecular formula is C34H57N7O6. The SMILES string of the molecule is CC(C)C.CCC.CCCCC(NC(=O)C1CCCN1C(=O)CNC(=O)C(NC(=O)c1cnccn1)C1CCCCC1)C(=O)C(N)=O. The maximum absolute atomic E-state index is 13.2. The average Bonchev–Trinajstić information content (AvgIpc) is 3.55. The van der Waals surface area contributed by atoms with Crippen LogP contribution in [0.25, 0.3) is 0 Å². The molecule has 1 aliphatic carbocycles. The average molecular weight is 660 g/mol. The zero-order valence-corrected chi connectivity index (χ0v) is 29.2. The van der Waals surface area contributed by atoms with Gasteiger partial charge in [-0.2, -0.15) is 0 Å². The standard InChI is InChI=1S/C27H39N7O6.C4H10.C3H8/c1-2-3-10-18(23(36)24(28)37)32-26(39)20-11-7-14-34(20)21(35)16-31-27(40)22(17-8-5-4-6-9-17)33-25(38)19-15-29-12-13-30-19;1-4(2)3;1-3-2/h12-13,15,17-18,20,22H,2-11,14,16H2,1H3,(H2,28,37)(H,31,40)(H,32,39)(H,33,38);4H,1-3H3;3H2,1-2H3. The molecule has 2 fully saturated rings. The van der Waals surface area contributed by atoms with Gasteiger partial charge in [0.05, 0.1) is 18.8 Å². The lowest BCUT2D eigenvalue weighted by molar-refractivity contribution is -0.141. The van der Waals surface area contributed by atoms with Gasteiger partial charge in [0.15, 0.2) is 0 Å². The molecule has 3 atom stereocenters. The van der Waals surface area contributed by atoms with Gasteiger partial charge in [-0.3, -0.25) is 33.8 Å². The molecule has 0 aromatic carbocycles. The van der Waals surface area contributed by atoms with E-state index < -0.39 is 53.4 Å². The molecule has 13 heteroatoms. The number of carbonyl (C=O) groups excluding carboxylic acids is 6. The highest BCUT2D eigenvalue weighted by Gasteiger charge is 2.37. The number of rotatable bonds is 13. The van der Waals surface area contributed by atoms with Crippen molar-refractivity contribution in [1.82, 2.24) is 30.8 Å². The van der Waals surface area contributed by atoms with Crippen molar-refractivity contribution < 1.29 is 28.8 Å². The third kappa shape index (κ3) is 15.0. The highest BCUT2D eigenvalue weighted by Crippen LogP contribution is 2.27. The number of carbonyl (C=O) groups is 6. The Labute approximate surface area is 280 Å². The number of ketones is 1. The van der Waals surface area contributed by atoms with E-state index in [2.05, 4.69) is 60.5 Å². The van der Waals surface area contributed by atoms with Crippen LogP contribution in [0.5, 0.6) is 0 Å². The van der Waals surface area contributed by atoms with Crippen molar-refractivity contribution in [3.63, 3.8) is 0 Å². The van der Waals surface area contributed by atoms with Gasteiger partial charge in [-0.15, -0.1) is 0 Å². The summed E-state index contributed by atoms with van der Waals surface area (Å²) in [5.41, 5.74) is 5.23. The summed E-state index contributed by atoms with van der Waals surface area (Å²) in [6, 6.07) is -2.73. The maximum atomic E-state index is 13.2. The van der Waals surface area contributed by atoms with Crippen LogP contribution in [0.4, 0.5) is 0 Å². The molecule has 1 saturated heterocycles. The summed E-state index contributed by atoms with van der Waals surface area (Å²) in [6.07, 6.45) is 12.5. The quantitative estimate of drug-likeness (QED) is 0.232. The van der Waals surface area contributed by atoms with Crippen LogP contribution in [0.3, 0.4) is 0 Å². The molecule has 13 nitrogen and oxygen atoms in total. The number of likely N-dealkylation sites (tertiary alicyclic amines) is 1. The molecule has 0 radical (unpaired) electrons. The van der Waals surface area contributed by atoms with Gasteiger partial charge in [0.25, 0.3) is 11.8 Å². The van der Waals surface area contributed by atoms with Crippen LogP contribution in [0.1, 0.15) is 123 Å². The van der Waals surface area contributed by atoms with Crippen molar-refractivity contribution in [1.29, 1.82) is 0 Å². The van der Waals surface area contributed by atoms with Crippen LogP contribution in [0, 0.1) is 11.8 Å². The number of unbranched alkanes of at least 4 members (excludes halogenated alkanes) is 1. The lowest BCUT2D eigenvalue weighted by Crippen LogP contribution is -2.55. The number of nitrogens with zero attached hydrogens (tertiary/aromatic N) is 3. The van der Waals surface area contributed by atoms with E-state index in [-0.39, 0.29) is 24.6 Å². The van der Waals surface area contributed by atoms with E-state index in [1.165, 1.54) is 29.9 Å². The fourth-order valence-corrected chi connectivity index (χ4v) is 5.33. The molecule has 3 rings (SSSR count).